The highest BCUT2D eigenvalue weighted by Gasteiger charge is 2.00. The first-order valence-corrected chi connectivity index (χ1v) is 5.83. The van der Waals surface area contributed by atoms with E-state index in [1.54, 1.807) is 0 Å². The summed E-state index contributed by atoms with van der Waals surface area (Å²) in [6.45, 7) is 5.99. The number of benzene rings is 1. The van der Waals surface area contributed by atoms with Crippen LogP contribution in [0.4, 0.5) is 0 Å². The van der Waals surface area contributed by atoms with Crippen LogP contribution in [0.15, 0.2) is 29.7 Å². The summed E-state index contributed by atoms with van der Waals surface area (Å²) < 4.78 is 0. The van der Waals surface area contributed by atoms with Crippen molar-refractivity contribution in [3.8, 4) is 0 Å². The summed E-state index contributed by atoms with van der Waals surface area (Å²) in [4.78, 5) is 1.40. The van der Waals surface area contributed by atoms with Gasteiger partial charge in [0, 0.05) is 4.90 Å². The molecule has 1 heteroatoms. The topological polar surface area (TPSA) is 0 Å². The molecule has 1 aromatic carbocycles. The van der Waals surface area contributed by atoms with E-state index in [9.17, 15) is 0 Å². The first-order valence-electron chi connectivity index (χ1n) is 4.61. The van der Waals surface area contributed by atoms with Crippen molar-refractivity contribution >= 4 is 17.8 Å². The van der Waals surface area contributed by atoms with Gasteiger partial charge in [0.25, 0.3) is 0 Å². The zero-order valence-electron chi connectivity index (χ0n) is 8.34. The lowest BCUT2D eigenvalue weighted by Gasteiger charge is -2.06. The molecule has 1 aromatic rings. The molecule has 0 aromatic heterocycles. The van der Waals surface area contributed by atoms with Crippen LogP contribution >= 0.6 is 11.8 Å². The van der Waals surface area contributed by atoms with E-state index >= 15 is 0 Å². The van der Waals surface area contributed by atoms with Crippen LogP contribution in [0, 0.1) is 0 Å². The van der Waals surface area contributed by atoms with Gasteiger partial charge in [-0.1, -0.05) is 38.1 Å². The minimum atomic E-state index is 1.16. The zero-order chi connectivity index (χ0) is 9.68. The Labute approximate surface area is 85.1 Å². The molecule has 0 amide bonds. The van der Waals surface area contributed by atoms with Gasteiger partial charge in [-0.15, -0.1) is 11.8 Å². The van der Waals surface area contributed by atoms with Gasteiger partial charge in [0.15, 0.2) is 0 Å². The molecule has 0 bridgehead atoms. The van der Waals surface area contributed by atoms with E-state index in [1.165, 1.54) is 22.4 Å². The van der Waals surface area contributed by atoms with E-state index in [0.29, 0.717) is 0 Å². The Hall–Kier alpha value is -0.690. The van der Waals surface area contributed by atoms with Crippen molar-refractivity contribution in [3.63, 3.8) is 0 Å². The molecule has 0 aliphatic heterocycles. The molecule has 0 aliphatic rings. The fourth-order valence-electron chi connectivity index (χ4n) is 1.39. The van der Waals surface area contributed by atoms with E-state index in [0.717, 1.165) is 6.42 Å². The van der Waals surface area contributed by atoms with Gasteiger partial charge in [0.05, 0.1) is 0 Å². The number of rotatable bonds is 4. The summed E-state index contributed by atoms with van der Waals surface area (Å²) in [5, 5.41) is 0. The second kappa shape index (κ2) is 5.13. The van der Waals surface area contributed by atoms with Crippen LogP contribution < -0.4 is 0 Å². The van der Waals surface area contributed by atoms with Gasteiger partial charge >= 0.3 is 0 Å². The van der Waals surface area contributed by atoms with Crippen molar-refractivity contribution in [2.75, 3.05) is 6.26 Å². The second-order valence-corrected chi connectivity index (χ2v) is 3.87. The van der Waals surface area contributed by atoms with Crippen LogP contribution in [0.3, 0.4) is 0 Å². The molecule has 0 unspecified atom stereocenters. The van der Waals surface area contributed by atoms with Gasteiger partial charge in [-0.05, 0) is 29.9 Å². The van der Waals surface area contributed by atoms with Crippen LogP contribution in [0.1, 0.15) is 24.5 Å². The molecule has 0 fully saturated rings. The highest BCUT2D eigenvalue weighted by molar-refractivity contribution is 7.98. The molecule has 0 spiro atoms. The van der Waals surface area contributed by atoms with Crippen molar-refractivity contribution in [1.29, 1.82) is 0 Å². The maximum Gasteiger partial charge on any atom is 0.0102 e. The second-order valence-electron chi connectivity index (χ2n) is 3.03. The van der Waals surface area contributed by atoms with E-state index in [4.69, 9.17) is 0 Å². The summed E-state index contributed by atoms with van der Waals surface area (Å²) in [6.07, 6.45) is 6.40. The van der Waals surface area contributed by atoms with Crippen LogP contribution in [0.2, 0.25) is 0 Å². The minimum Gasteiger partial charge on any atom is -0.129 e. The van der Waals surface area contributed by atoms with Crippen molar-refractivity contribution in [3.05, 3.63) is 35.9 Å². The Morgan fingerprint density at radius 1 is 1.46 bits per heavy atom. The molecule has 1 rings (SSSR count). The van der Waals surface area contributed by atoms with Gasteiger partial charge in [0.2, 0.25) is 0 Å². The quantitative estimate of drug-likeness (QED) is 0.650. The van der Waals surface area contributed by atoms with E-state index in [-0.39, 0.29) is 0 Å². The molecular formula is C12H16S. The van der Waals surface area contributed by atoms with Gasteiger partial charge in [-0.25, -0.2) is 0 Å². The molecule has 13 heavy (non-hydrogen) atoms. The Morgan fingerprint density at radius 2 is 2.23 bits per heavy atom. The smallest absolute Gasteiger partial charge is 0.0102 e. The maximum atomic E-state index is 3.78. The first kappa shape index (κ1) is 10.4. The highest BCUT2D eigenvalue weighted by atomic mass is 32.2. The number of hydrogen-bond acceptors (Lipinski definition) is 1. The largest absolute Gasteiger partial charge is 0.129 e. The minimum absolute atomic E-state index is 1.16. The third-order valence-corrected chi connectivity index (χ3v) is 2.90. The van der Waals surface area contributed by atoms with Gasteiger partial charge in [-0.2, -0.15) is 0 Å². The van der Waals surface area contributed by atoms with E-state index < -0.39 is 0 Å². The zero-order valence-corrected chi connectivity index (χ0v) is 9.16. The maximum absolute atomic E-state index is 3.78. The average molecular weight is 192 g/mol. The summed E-state index contributed by atoms with van der Waals surface area (Å²) in [7, 11) is 0. The molecule has 0 nitrogen and oxygen atoms in total. The number of thioether (sulfide) groups is 1. The average Bonchev–Trinajstić information content (AvgIpc) is 2.18. The molecule has 0 radical (unpaired) electrons. The molecule has 0 aliphatic carbocycles. The Kier molecular flexibility index (Phi) is 4.10. The third kappa shape index (κ3) is 2.63. The Bertz CT molecular complexity index is 289. The van der Waals surface area contributed by atoms with E-state index in [1.807, 2.05) is 17.8 Å². The summed E-state index contributed by atoms with van der Waals surface area (Å²) >= 11 is 1.82. The predicted octanol–water partition coefficient (Wildman–Crippen LogP) is 4.00. The molecule has 70 valence electrons. The van der Waals surface area contributed by atoms with Crippen LogP contribution in [0.25, 0.3) is 6.08 Å². The monoisotopic (exact) mass is 192 g/mol. The first-order chi connectivity index (χ1) is 6.31. The van der Waals surface area contributed by atoms with Gasteiger partial charge < -0.3 is 0 Å². The normalized spacial score (nSPS) is 10.0. The lowest BCUT2D eigenvalue weighted by Crippen LogP contribution is -1.88. The highest BCUT2D eigenvalue weighted by Crippen LogP contribution is 2.23. The number of hydrogen-bond donors (Lipinski definition) is 0. The van der Waals surface area contributed by atoms with Crippen molar-refractivity contribution in [1.82, 2.24) is 0 Å². The van der Waals surface area contributed by atoms with Gasteiger partial charge in [-0.3, -0.25) is 0 Å². The lowest BCUT2D eigenvalue weighted by molar-refractivity contribution is 0.900. The van der Waals surface area contributed by atoms with Crippen LogP contribution in [0.5, 0.6) is 0 Å². The fraction of sp³-hybridized carbons (Fsp3) is 0.333. The molecule has 0 saturated carbocycles. The molecule has 0 atom stereocenters. The van der Waals surface area contributed by atoms with Crippen molar-refractivity contribution in [2.24, 2.45) is 0 Å². The Morgan fingerprint density at radius 3 is 2.77 bits per heavy atom. The summed E-state index contributed by atoms with van der Waals surface area (Å²) in [5.41, 5.74) is 2.67. The Balaban J connectivity index is 3.02. The van der Waals surface area contributed by atoms with Crippen molar-refractivity contribution in [2.45, 2.75) is 24.7 Å². The summed E-state index contributed by atoms with van der Waals surface area (Å²) in [6, 6.07) is 6.55. The molecule has 0 saturated heterocycles. The molecule has 0 heterocycles. The predicted molar refractivity (Wildman–Crippen MR) is 62.3 cm³/mol. The van der Waals surface area contributed by atoms with Crippen LogP contribution in [-0.4, -0.2) is 6.26 Å². The lowest BCUT2D eigenvalue weighted by atomic mass is 10.1. The summed E-state index contributed by atoms with van der Waals surface area (Å²) in [5.74, 6) is 0. The third-order valence-electron chi connectivity index (χ3n) is 2.06. The van der Waals surface area contributed by atoms with Gasteiger partial charge in [0.1, 0.15) is 0 Å². The molecular weight excluding hydrogens is 176 g/mol. The SMILES string of the molecule is C=Cc1ccc(SC)c(CCC)c1. The van der Waals surface area contributed by atoms with E-state index in [2.05, 4.69) is 38.0 Å². The van der Waals surface area contributed by atoms with Crippen LogP contribution in [-0.2, 0) is 6.42 Å². The fourth-order valence-corrected chi connectivity index (χ4v) is 2.02. The molecule has 0 N–H and O–H groups in total. The van der Waals surface area contributed by atoms with Crippen molar-refractivity contribution < 1.29 is 0 Å². The number of aryl methyl sites for hydroxylation is 1. The standard InChI is InChI=1S/C12H16S/c1-4-6-11-9-10(5-2)7-8-12(11)13-3/h5,7-9H,2,4,6H2,1,3H3.